The summed E-state index contributed by atoms with van der Waals surface area (Å²) in [7, 11) is 2.16. The van der Waals surface area contributed by atoms with Gasteiger partial charge in [-0.25, -0.2) is 4.78 Å². The molecule has 152 valence electrons. The molecule has 0 radical (unpaired) electrons. The summed E-state index contributed by atoms with van der Waals surface area (Å²) in [5, 5.41) is 6.09. The van der Waals surface area contributed by atoms with E-state index in [0.29, 0.717) is 0 Å². The summed E-state index contributed by atoms with van der Waals surface area (Å²) in [4.78, 5) is 2.33. The van der Waals surface area contributed by atoms with Gasteiger partial charge in [-0.3, -0.25) is 4.67 Å². The van der Waals surface area contributed by atoms with Crippen molar-refractivity contribution in [3.8, 4) is 0 Å². The first kappa shape index (κ1) is 20.3. The molecule has 2 aliphatic rings. The molecular formula is C23H29N4PS. The van der Waals surface area contributed by atoms with Gasteiger partial charge in [-0.2, -0.15) is 5.10 Å². The standard InChI is InChI=1S/C23H29N4PS/c1-6-26(7-2)28(29)21(17-24-27(28)18-13-9-8-10-14-18)22-23(3,4)19-15-11-12-16-20(19)25(22)5/h8-17H,6-7H2,1-5H3/b22-21-/t28-/m0/s1. The average Bonchev–Trinajstić information content (AvgIpc) is 3.16. The van der Waals surface area contributed by atoms with Gasteiger partial charge in [-0.05, 0) is 23.8 Å². The lowest BCUT2D eigenvalue weighted by Gasteiger charge is -2.39. The van der Waals surface area contributed by atoms with Crippen molar-refractivity contribution in [3.63, 3.8) is 0 Å². The van der Waals surface area contributed by atoms with Crippen LogP contribution in [0.15, 0.2) is 70.7 Å². The molecule has 2 heterocycles. The SMILES string of the molecule is CCN(CC)[P@@]1(=S)/C(=C2\N(C)c3ccccc3C2(C)C)C=NN1c1ccccc1. The van der Waals surface area contributed by atoms with E-state index < -0.39 is 6.34 Å². The van der Waals surface area contributed by atoms with Crippen molar-refractivity contribution in [1.82, 2.24) is 4.67 Å². The Morgan fingerprint density at radius 3 is 2.24 bits per heavy atom. The van der Waals surface area contributed by atoms with E-state index in [4.69, 9.17) is 16.9 Å². The molecule has 0 bridgehead atoms. The Balaban J connectivity index is 1.96. The maximum atomic E-state index is 6.57. The Hall–Kier alpha value is -1.94. The van der Waals surface area contributed by atoms with Crippen LogP contribution in [0, 0.1) is 0 Å². The quantitative estimate of drug-likeness (QED) is 0.580. The lowest BCUT2D eigenvalue weighted by Crippen LogP contribution is -2.31. The maximum absolute atomic E-state index is 6.57. The van der Waals surface area contributed by atoms with Crippen molar-refractivity contribution in [3.05, 3.63) is 71.2 Å². The van der Waals surface area contributed by atoms with Gasteiger partial charge in [0.1, 0.15) is 0 Å². The molecular weight excluding hydrogens is 395 g/mol. The van der Waals surface area contributed by atoms with Gasteiger partial charge in [-0.15, -0.1) is 0 Å². The number of likely N-dealkylation sites (N-methyl/N-ethyl adjacent to an activating group) is 1. The molecule has 6 heteroatoms. The molecule has 0 amide bonds. The Labute approximate surface area is 179 Å². The van der Waals surface area contributed by atoms with Gasteiger partial charge in [-0.1, -0.05) is 75.9 Å². The topological polar surface area (TPSA) is 22.1 Å². The highest BCUT2D eigenvalue weighted by Crippen LogP contribution is 2.67. The number of fused-ring (bicyclic) bond motifs is 1. The van der Waals surface area contributed by atoms with Crippen LogP contribution in [0.3, 0.4) is 0 Å². The van der Waals surface area contributed by atoms with Crippen LogP contribution < -0.4 is 9.68 Å². The van der Waals surface area contributed by atoms with Crippen molar-refractivity contribution >= 4 is 35.7 Å². The summed E-state index contributed by atoms with van der Waals surface area (Å²) < 4.78 is 4.54. The van der Waals surface area contributed by atoms with Crippen molar-refractivity contribution in [2.24, 2.45) is 5.10 Å². The van der Waals surface area contributed by atoms with E-state index in [1.807, 2.05) is 12.3 Å². The number of rotatable bonds is 4. The summed E-state index contributed by atoms with van der Waals surface area (Å²) in [5.41, 5.74) is 4.81. The van der Waals surface area contributed by atoms with E-state index >= 15 is 0 Å². The molecule has 0 unspecified atom stereocenters. The van der Waals surface area contributed by atoms with E-state index in [-0.39, 0.29) is 5.41 Å². The molecule has 29 heavy (non-hydrogen) atoms. The summed E-state index contributed by atoms with van der Waals surface area (Å²) in [6.45, 7) is 10.8. The molecule has 0 saturated carbocycles. The third-order valence-electron chi connectivity index (χ3n) is 6.07. The number of hydrogen-bond acceptors (Lipinski definition) is 3. The van der Waals surface area contributed by atoms with Crippen LogP contribution in [-0.2, 0) is 17.2 Å². The number of para-hydroxylation sites is 2. The van der Waals surface area contributed by atoms with Crippen molar-refractivity contribution < 1.29 is 0 Å². The lowest BCUT2D eigenvalue weighted by molar-refractivity contribution is 0.506. The number of anilines is 2. The second-order valence-corrected chi connectivity index (χ2v) is 12.0. The Kier molecular flexibility index (Phi) is 5.18. The zero-order chi connectivity index (χ0) is 20.8. The van der Waals surface area contributed by atoms with Gasteiger partial charge in [0, 0.05) is 36.9 Å². The number of hydrazone groups is 1. The highest BCUT2D eigenvalue weighted by molar-refractivity contribution is 8.16. The third-order valence-corrected chi connectivity index (χ3v) is 11.0. The minimum atomic E-state index is -2.30. The molecule has 4 rings (SSSR count). The van der Waals surface area contributed by atoms with Gasteiger partial charge in [0.05, 0.1) is 17.2 Å². The number of benzene rings is 2. The van der Waals surface area contributed by atoms with Gasteiger partial charge < -0.3 is 4.90 Å². The first-order valence-corrected chi connectivity index (χ1v) is 12.9. The fraction of sp³-hybridized carbons (Fsp3) is 0.348. The molecule has 0 N–H and O–H groups in total. The van der Waals surface area contributed by atoms with Crippen molar-refractivity contribution in [2.45, 2.75) is 33.1 Å². The van der Waals surface area contributed by atoms with Gasteiger partial charge >= 0.3 is 0 Å². The average molecular weight is 425 g/mol. The first-order valence-electron chi connectivity index (χ1n) is 10.2. The fourth-order valence-electron chi connectivity index (χ4n) is 4.67. The van der Waals surface area contributed by atoms with Crippen LogP contribution in [0.4, 0.5) is 11.4 Å². The largest absolute Gasteiger partial charge is 0.346 e. The molecule has 2 aromatic carbocycles. The fourth-order valence-corrected chi connectivity index (χ4v) is 9.24. The lowest BCUT2D eigenvalue weighted by atomic mass is 9.84. The Bertz CT molecular complexity index is 1020. The second-order valence-electron chi connectivity index (χ2n) is 7.99. The highest BCUT2D eigenvalue weighted by atomic mass is 32.4. The zero-order valence-corrected chi connectivity index (χ0v) is 19.5. The predicted molar refractivity (Wildman–Crippen MR) is 130 cm³/mol. The van der Waals surface area contributed by atoms with Gasteiger partial charge in [0.25, 0.3) is 0 Å². The van der Waals surface area contributed by atoms with Crippen LogP contribution in [0.1, 0.15) is 33.3 Å². The minimum absolute atomic E-state index is 0.128. The minimum Gasteiger partial charge on any atom is -0.346 e. The number of nitrogens with zero attached hydrogens (tertiary/aromatic N) is 4. The van der Waals surface area contributed by atoms with Gasteiger partial charge in [0.2, 0.25) is 0 Å². The molecule has 4 nitrogen and oxygen atoms in total. The highest BCUT2D eigenvalue weighted by Gasteiger charge is 2.47. The summed E-state index contributed by atoms with van der Waals surface area (Å²) in [6, 6.07) is 19.0. The number of hydrogen-bond donors (Lipinski definition) is 0. The van der Waals surface area contributed by atoms with E-state index in [0.717, 1.165) is 18.8 Å². The van der Waals surface area contributed by atoms with E-state index in [1.165, 1.54) is 22.3 Å². The normalized spacial score (nSPS) is 25.2. The molecule has 0 fully saturated rings. The third kappa shape index (κ3) is 2.91. The van der Waals surface area contributed by atoms with Crippen LogP contribution in [0.2, 0.25) is 0 Å². The van der Waals surface area contributed by atoms with E-state index in [1.54, 1.807) is 0 Å². The second kappa shape index (κ2) is 7.39. The van der Waals surface area contributed by atoms with E-state index in [9.17, 15) is 0 Å². The van der Waals surface area contributed by atoms with Gasteiger partial charge in [0.15, 0.2) is 6.34 Å². The first-order chi connectivity index (χ1) is 13.9. The maximum Gasteiger partial charge on any atom is 0.154 e. The molecule has 0 saturated heterocycles. The zero-order valence-electron chi connectivity index (χ0n) is 17.8. The summed E-state index contributed by atoms with van der Waals surface area (Å²) >= 11 is 6.57. The van der Waals surface area contributed by atoms with Crippen LogP contribution in [0.5, 0.6) is 0 Å². The molecule has 1 atom stereocenters. The predicted octanol–water partition coefficient (Wildman–Crippen LogP) is 5.78. The molecule has 2 aromatic rings. The molecule has 0 spiro atoms. The smallest absolute Gasteiger partial charge is 0.154 e. The molecule has 0 aliphatic carbocycles. The van der Waals surface area contributed by atoms with Crippen LogP contribution in [-0.4, -0.2) is 31.0 Å². The Morgan fingerprint density at radius 2 is 1.62 bits per heavy atom. The Morgan fingerprint density at radius 1 is 1.00 bits per heavy atom. The van der Waals surface area contributed by atoms with E-state index in [2.05, 4.69) is 97.6 Å². The van der Waals surface area contributed by atoms with Crippen molar-refractivity contribution in [2.75, 3.05) is 29.8 Å². The summed E-state index contributed by atoms with van der Waals surface area (Å²) in [6.07, 6.45) is -0.268. The van der Waals surface area contributed by atoms with Crippen LogP contribution >= 0.6 is 6.34 Å². The van der Waals surface area contributed by atoms with Crippen molar-refractivity contribution in [1.29, 1.82) is 0 Å². The molecule has 0 aromatic heterocycles. The monoisotopic (exact) mass is 424 g/mol. The van der Waals surface area contributed by atoms with Crippen LogP contribution in [0.25, 0.3) is 0 Å². The summed E-state index contributed by atoms with van der Waals surface area (Å²) in [5.74, 6) is 0. The number of allylic oxidation sites excluding steroid dienone is 2. The molecule has 2 aliphatic heterocycles.